The van der Waals surface area contributed by atoms with Crippen LogP contribution in [0, 0.1) is 17.3 Å². The van der Waals surface area contributed by atoms with Crippen LogP contribution in [0.3, 0.4) is 0 Å². The van der Waals surface area contributed by atoms with Crippen molar-refractivity contribution in [2.75, 3.05) is 0 Å². The Balaban J connectivity index is 3.07. The minimum Gasteiger partial charge on any atom is -0.266 e. The van der Waals surface area contributed by atoms with Crippen molar-refractivity contribution < 1.29 is 4.39 Å². The second-order valence-corrected chi connectivity index (χ2v) is 2.52. The Morgan fingerprint density at radius 3 is 2.64 bits per heavy atom. The molecule has 0 bridgehead atoms. The van der Waals surface area contributed by atoms with Crippen LogP contribution in [0.2, 0.25) is 0 Å². The molecule has 1 aromatic rings. The van der Waals surface area contributed by atoms with Crippen molar-refractivity contribution in [1.29, 1.82) is 5.26 Å². The van der Waals surface area contributed by atoms with Gasteiger partial charge in [0.25, 0.3) is 0 Å². The molecule has 11 heavy (non-hydrogen) atoms. The number of hydrogen-bond acceptors (Lipinski definition) is 2. The molecule has 0 aromatic carbocycles. The molecule has 3 nitrogen and oxygen atoms in total. The molecule has 0 saturated heterocycles. The zero-order valence-electron chi connectivity index (χ0n) is 6.37. The smallest absolute Gasteiger partial charge is 0.250 e. The number of aromatic nitrogens is 2. The Kier molecular flexibility index (Phi) is 1.90. The fourth-order valence-electron chi connectivity index (χ4n) is 0.709. The molecule has 0 spiro atoms. The summed E-state index contributed by atoms with van der Waals surface area (Å²) in [5.41, 5.74) is -0.00120. The van der Waals surface area contributed by atoms with Crippen molar-refractivity contribution in [2.24, 2.45) is 0 Å². The van der Waals surface area contributed by atoms with Crippen LogP contribution < -0.4 is 0 Å². The normalized spacial score (nSPS) is 10.1. The van der Waals surface area contributed by atoms with Gasteiger partial charge in [-0.05, 0) is 13.8 Å². The lowest BCUT2D eigenvalue weighted by Crippen LogP contribution is -2.00. The van der Waals surface area contributed by atoms with Gasteiger partial charge in [-0.25, -0.2) is 0 Å². The summed E-state index contributed by atoms with van der Waals surface area (Å²) >= 11 is 0. The van der Waals surface area contributed by atoms with E-state index in [9.17, 15) is 4.39 Å². The van der Waals surface area contributed by atoms with Gasteiger partial charge in [-0.1, -0.05) is 0 Å². The summed E-state index contributed by atoms with van der Waals surface area (Å²) in [6.07, 6.45) is 1.40. The fourth-order valence-corrected chi connectivity index (χ4v) is 0.709. The van der Waals surface area contributed by atoms with E-state index in [1.807, 2.05) is 13.8 Å². The first-order valence-corrected chi connectivity index (χ1v) is 3.30. The summed E-state index contributed by atoms with van der Waals surface area (Å²) in [7, 11) is 0. The summed E-state index contributed by atoms with van der Waals surface area (Å²) in [6, 6.07) is 1.80. The number of hydrogen-bond donors (Lipinski definition) is 0. The average Bonchev–Trinajstić information content (AvgIpc) is 2.31. The number of nitriles is 1. The van der Waals surface area contributed by atoms with E-state index in [1.165, 1.54) is 10.9 Å². The fraction of sp³-hybridized carbons (Fsp3) is 0.429. The molecule has 1 aromatic heterocycles. The van der Waals surface area contributed by atoms with E-state index >= 15 is 0 Å². The number of rotatable bonds is 1. The molecule has 0 aliphatic heterocycles. The van der Waals surface area contributed by atoms with Gasteiger partial charge in [-0.2, -0.15) is 9.65 Å². The third-order valence-corrected chi connectivity index (χ3v) is 1.34. The topological polar surface area (TPSA) is 41.6 Å². The summed E-state index contributed by atoms with van der Waals surface area (Å²) in [6.45, 7) is 3.74. The molecule has 0 unspecified atom stereocenters. The summed E-state index contributed by atoms with van der Waals surface area (Å²) in [4.78, 5) is 0. The first kappa shape index (κ1) is 7.73. The molecule has 0 aliphatic carbocycles. The first-order chi connectivity index (χ1) is 5.15. The third-order valence-electron chi connectivity index (χ3n) is 1.34. The SMILES string of the molecule is CC(C)n1cc(C#N)c(F)n1. The predicted molar refractivity (Wildman–Crippen MR) is 37.3 cm³/mol. The second-order valence-electron chi connectivity index (χ2n) is 2.52. The average molecular weight is 153 g/mol. The Labute approximate surface area is 64.1 Å². The van der Waals surface area contributed by atoms with Crippen LogP contribution in [0.4, 0.5) is 4.39 Å². The quantitative estimate of drug-likeness (QED) is 0.613. The van der Waals surface area contributed by atoms with Crippen molar-refractivity contribution in [3.05, 3.63) is 17.7 Å². The molecule has 0 radical (unpaired) electrons. The highest BCUT2D eigenvalue weighted by Gasteiger charge is 2.08. The van der Waals surface area contributed by atoms with E-state index in [1.54, 1.807) is 6.07 Å². The van der Waals surface area contributed by atoms with E-state index < -0.39 is 5.95 Å². The maximum absolute atomic E-state index is 12.6. The van der Waals surface area contributed by atoms with Crippen molar-refractivity contribution in [3.8, 4) is 6.07 Å². The lowest BCUT2D eigenvalue weighted by atomic mass is 10.4. The highest BCUT2D eigenvalue weighted by Crippen LogP contribution is 2.07. The van der Waals surface area contributed by atoms with Crippen molar-refractivity contribution in [1.82, 2.24) is 9.78 Å². The van der Waals surface area contributed by atoms with E-state index in [2.05, 4.69) is 5.10 Å². The van der Waals surface area contributed by atoms with Gasteiger partial charge in [0.05, 0.1) is 0 Å². The van der Waals surface area contributed by atoms with Crippen LogP contribution in [0.1, 0.15) is 25.5 Å². The summed E-state index contributed by atoms with van der Waals surface area (Å²) in [5.74, 6) is -0.693. The lowest BCUT2D eigenvalue weighted by Gasteiger charge is -2.01. The Morgan fingerprint density at radius 2 is 2.36 bits per heavy atom. The van der Waals surface area contributed by atoms with Crippen molar-refractivity contribution in [3.63, 3.8) is 0 Å². The molecule has 0 amide bonds. The van der Waals surface area contributed by atoms with Crippen LogP contribution in [0.5, 0.6) is 0 Å². The van der Waals surface area contributed by atoms with E-state index in [0.717, 1.165) is 0 Å². The van der Waals surface area contributed by atoms with Crippen molar-refractivity contribution in [2.45, 2.75) is 19.9 Å². The molecule has 0 aliphatic rings. The Morgan fingerprint density at radius 1 is 1.73 bits per heavy atom. The van der Waals surface area contributed by atoms with Crippen LogP contribution in [-0.2, 0) is 0 Å². The molecule has 1 rings (SSSR count). The van der Waals surface area contributed by atoms with Crippen LogP contribution in [0.15, 0.2) is 6.20 Å². The van der Waals surface area contributed by atoms with Crippen molar-refractivity contribution >= 4 is 0 Å². The van der Waals surface area contributed by atoms with Gasteiger partial charge < -0.3 is 0 Å². The van der Waals surface area contributed by atoms with Crippen LogP contribution in [-0.4, -0.2) is 9.78 Å². The lowest BCUT2D eigenvalue weighted by molar-refractivity contribution is 0.481. The molecule has 4 heteroatoms. The van der Waals surface area contributed by atoms with E-state index in [0.29, 0.717) is 0 Å². The summed E-state index contributed by atoms with van der Waals surface area (Å²) < 4.78 is 14.0. The van der Waals surface area contributed by atoms with Crippen LogP contribution in [0.25, 0.3) is 0 Å². The van der Waals surface area contributed by atoms with Crippen LogP contribution >= 0.6 is 0 Å². The maximum Gasteiger partial charge on any atom is 0.250 e. The zero-order valence-corrected chi connectivity index (χ0v) is 6.37. The third kappa shape index (κ3) is 1.37. The van der Waals surface area contributed by atoms with Gasteiger partial charge in [-0.15, -0.1) is 5.10 Å². The van der Waals surface area contributed by atoms with Gasteiger partial charge >= 0.3 is 0 Å². The molecule has 58 valence electrons. The number of nitrogens with zero attached hydrogens (tertiary/aromatic N) is 3. The van der Waals surface area contributed by atoms with Gasteiger partial charge in [0.1, 0.15) is 11.6 Å². The molecule has 0 N–H and O–H groups in total. The number of halogens is 1. The van der Waals surface area contributed by atoms with E-state index in [-0.39, 0.29) is 11.6 Å². The standard InChI is InChI=1S/C7H8FN3/c1-5(2)11-4-6(3-9)7(8)10-11/h4-5H,1-2H3. The first-order valence-electron chi connectivity index (χ1n) is 3.30. The molecule has 0 fully saturated rings. The molecular weight excluding hydrogens is 145 g/mol. The highest BCUT2D eigenvalue weighted by molar-refractivity contribution is 5.23. The largest absolute Gasteiger partial charge is 0.266 e. The molecule has 0 saturated carbocycles. The minimum atomic E-state index is -0.693. The summed E-state index contributed by atoms with van der Waals surface area (Å²) in [5, 5.41) is 11.9. The Bertz CT molecular complexity index is 295. The molecular formula is C7H8FN3. The zero-order chi connectivity index (χ0) is 8.43. The highest BCUT2D eigenvalue weighted by atomic mass is 19.1. The van der Waals surface area contributed by atoms with Gasteiger partial charge in [0.2, 0.25) is 5.95 Å². The minimum absolute atomic E-state index is 0.00120. The van der Waals surface area contributed by atoms with E-state index in [4.69, 9.17) is 5.26 Å². The predicted octanol–water partition coefficient (Wildman–Crippen LogP) is 1.47. The maximum atomic E-state index is 12.6. The van der Waals surface area contributed by atoms with Gasteiger partial charge in [0.15, 0.2) is 0 Å². The van der Waals surface area contributed by atoms with Gasteiger partial charge in [0, 0.05) is 12.2 Å². The molecule has 0 atom stereocenters. The Hall–Kier alpha value is -1.37. The monoisotopic (exact) mass is 153 g/mol. The molecule has 1 heterocycles. The van der Waals surface area contributed by atoms with Gasteiger partial charge in [-0.3, -0.25) is 4.68 Å². The second kappa shape index (κ2) is 2.70.